The van der Waals surface area contributed by atoms with Crippen LogP contribution in [-0.4, -0.2) is 19.5 Å². The van der Waals surface area contributed by atoms with Crippen LogP contribution < -0.4 is 14.8 Å². The van der Waals surface area contributed by atoms with Gasteiger partial charge in [-0.15, -0.1) is 13.2 Å². The van der Waals surface area contributed by atoms with Gasteiger partial charge in [0.2, 0.25) is 0 Å². The lowest BCUT2D eigenvalue weighted by Gasteiger charge is -2.13. The van der Waals surface area contributed by atoms with Crippen LogP contribution in [-0.2, 0) is 5.41 Å². The molecule has 0 aromatic heterocycles. The average Bonchev–Trinajstić information content (AvgIpc) is 3.14. The van der Waals surface area contributed by atoms with Crippen molar-refractivity contribution in [3.63, 3.8) is 0 Å². The van der Waals surface area contributed by atoms with Crippen molar-refractivity contribution in [1.82, 2.24) is 5.32 Å². The van der Waals surface area contributed by atoms with E-state index in [0.717, 1.165) is 29.6 Å². The summed E-state index contributed by atoms with van der Waals surface area (Å²) in [5.41, 5.74) is 2.69. The second kappa shape index (κ2) is 6.14. The van der Waals surface area contributed by atoms with Gasteiger partial charge in [0.05, 0.1) is 0 Å². The van der Waals surface area contributed by atoms with Gasteiger partial charge >= 0.3 is 6.36 Å². The minimum atomic E-state index is -4.66. The molecule has 25 heavy (non-hydrogen) atoms. The summed E-state index contributed by atoms with van der Waals surface area (Å²) in [7, 11) is 0. The monoisotopic (exact) mass is 366 g/mol. The van der Waals surface area contributed by atoms with E-state index >= 15 is 0 Å². The van der Waals surface area contributed by atoms with Crippen LogP contribution in [0.4, 0.5) is 18.9 Å². The van der Waals surface area contributed by atoms with E-state index in [1.165, 1.54) is 36.1 Å². The number of anilines is 1. The number of nitrogens with one attached hydrogen (secondary N) is 2. The molecule has 1 saturated carbocycles. The van der Waals surface area contributed by atoms with E-state index in [1.54, 1.807) is 12.1 Å². The van der Waals surface area contributed by atoms with Crippen LogP contribution in [0, 0.1) is 5.92 Å². The molecule has 1 saturated heterocycles. The van der Waals surface area contributed by atoms with Crippen LogP contribution >= 0.6 is 11.9 Å². The maximum absolute atomic E-state index is 12.1. The first kappa shape index (κ1) is 16.6. The van der Waals surface area contributed by atoms with E-state index in [2.05, 4.69) is 26.9 Å². The van der Waals surface area contributed by atoms with Gasteiger partial charge in [0, 0.05) is 22.5 Å². The first-order valence-electron chi connectivity index (χ1n) is 8.05. The lowest BCUT2D eigenvalue weighted by Crippen LogP contribution is -2.19. The Morgan fingerprint density at radius 3 is 2.36 bits per heavy atom. The fourth-order valence-corrected chi connectivity index (χ4v) is 4.13. The molecule has 2 N–H and O–H groups in total. The Morgan fingerprint density at radius 2 is 1.80 bits per heavy atom. The molecule has 2 fully saturated rings. The third-order valence-electron chi connectivity index (χ3n) is 4.87. The van der Waals surface area contributed by atoms with E-state index in [-0.39, 0.29) is 5.75 Å². The molecule has 1 aliphatic carbocycles. The maximum atomic E-state index is 12.1. The van der Waals surface area contributed by atoms with Crippen molar-refractivity contribution in [3.05, 3.63) is 54.1 Å². The van der Waals surface area contributed by atoms with Gasteiger partial charge in [-0.1, -0.05) is 12.1 Å². The molecule has 0 radical (unpaired) electrons. The molecule has 7 heteroatoms. The summed E-state index contributed by atoms with van der Waals surface area (Å²) in [6.07, 6.45) is -3.39. The quantitative estimate of drug-likeness (QED) is 0.760. The Hall–Kier alpha value is -1.86. The number of rotatable bonds is 5. The summed E-state index contributed by atoms with van der Waals surface area (Å²) in [6, 6.07) is 14.2. The molecular formula is C18H17F3N2OS. The minimum Gasteiger partial charge on any atom is -0.406 e. The van der Waals surface area contributed by atoms with Gasteiger partial charge in [-0.05, 0) is 72.8 Å². The summed E-state index contributed by atoms with van der Waals surface area (Å²) in [5.74, 6) is 0.558. The third-order valence-corrected chi connectivity index (χ3v) is 5.71. The van der Waals surface area contributed by atoms with Crippen LogP contribution in [0.3, 0.4) is 0 Å². The number of hydrogen-bond donors (Lipinski definition) is 2. The summed E-state index contributed by atoms with van der Waals surface area (Å²) in [5, 5.41) is 3.44. The fourth-order valence-electron chi connectivity index (χ4n) is 3.49. The van der Waals surface area contributed by atoms with Gasteiger partial charge < -0.3 is 14.8 Å². The smallest absolute Gasteiger partial charge is 0.406 e. The highest BCUT2D eigenvalue weighted by atomic mass is 32.2. The standard InChI is InChI=1S/C18H17F3N2OS/c19-18(20,21)24-15-5-7-16(8-6-15)25-23-14-3-1-12(2-4-14)17-9-13(17)10-22-11-17/h1-8,13,22-23H,9-11H2/t13-,17+/m1/s1. The SMILES string of the molecule is FC(F)(F)Oc1ccc(SNc2ccc([C@]34CNC[C@H]3C4)cc2)cc1. The van der Waals surface area contributed by atoms with Crippen LogP contribution in [0.1, 0.15) is 12.0 Å². The van der Waals surface area contributed by atoms with Crippen molar-refractivity contribution in [2.75, 3.05) is 17.8 Å². The molecule has 2 aromatic rings. The molecule has 132 valence electrons. The lowest BCUT2D eigenvalue weighted by atomic mass is 9.95. The van der Waals surface area contributed by atoms with Crippen molar-refractivity contribution >= 4 is 17.6 Å². The Labute approximate surface area is 148 Å². The maximum Gasteiger partial charge on any atom is 0.573 e. The van der Waals surface area contributed by atoms with Crippen LogP contribution in [0.2, 0.25) is 0 Å². The number of fused-ring (bicyclic) bond motifs is 1. The predicted molar refractivity (Wildman–Crippen MR) is 91.7 cm³/mol. The zero-order valence-corrected chi connectivity index (χ0v) is 14.1. The van der Waals surface area contributed by atoms with Gasteiger partial charge in [-0.2, -0.15) is 0 Å². The largest absolute Gasteiger partial charge is 0.573 e. The van der Waals surface area contributed by atoms with Crippen molar-refractivity contribution in [3.8, 4) is 5.75 Å². The Bertz CT molecular complexity index is 748. The Morgan fingerprint density at radius 1 is 1.08 bits per heavy atom. The topological polar surface area (TPSA) is 33.3 Å². The average molecular weight is 366 g/mol. The normalized spacial score (nSPS) is 24.7. The molecule has 0 bridgehead atoms. The highest BCUT2D eigenvalue weighted by Gasteiger charge is 2.57. The molecule has 0 spiro atoms. The van der Waals surface area contributed by atoms with E-state index < -0.39 is 6.36 Å². The van der Waals surface area contributed by atoms with Crippen molar-refractivity contribution < 1.29 is 17.9 Å². The number of hydrogen-bond acceptors (Lipinski definition) is 4. The molecule has 1 aliphatic heterocycles. The number of alkyl halides is 3. The van der Waals surface area contributed by atoms with Crippen molar-refractivity contribution in [2.45, 2.75) is 23.1 Å². The summed E-state index contributed by atoms with van der Waals surface area (Å²) in [4.78, 5) is 0.805. The van der Waals surface area contributed by atoms with Gasteiger partial charge in [-0.25, -0.2) is 0 Å². The second-order valence-electron chi connectivity index (χ2n) is 6.49. The highest BCUT2D eigenvalue weighted by molar-refractivity contribution is 8.00. The molecule has 4 rings (SSSR count). The van der Waals surface area contributed by atoms with E-state index in [4.69, 9.17) is 0 Å². The van der Waals surface area contributed by atoms with E-state index in [9.17, 15) is 13.2 Å². The number of piperidine rings is 1. The van der Waals surface area contributed by atoms with Gasteiger partial charge in [0.1, 0.15) is 5.75 Å². The molecule has 0 amide bonds. The molecule has 2 aromatic carbocycles. The Kier molecular flexibility index (Phi) is 4.08. The van der Waals surface area contributed by atoms with Crippen molar-refractivity contribution in [2.24, 2.45) is 5.92 Å². The second-order valence-corrected chi connectivity index (χ2v) is 7.37. The molecule has 1 heterocycles. The number of halogens is 3. The van der Waals surface area contributed by atoms with Crippen LogP contribution in [0.15, 0.2) is 53.4 Å². The third kappa shape index (κ3) is 3.57. The fraction of sp³-hybridized carbons (Fsp3) is 0.333. The number of benzene rings is 2. The number of ether oxygens (including phenoxy) is 1. The first-order chi connectivity index (χ1) is 11.9. The zero-order chi connectivity index (χ0) is 17.5. The summed E-state index contributed by atoms with van der Waals surface area (Å²) in [6.45, 7) is 2.18. The lowest BCUT2D eigenvalue weighted by molar-refractivity contribution is -0.274. The molecular weight excluding hydrogens is 349 g/mol. The summed E-state index contributed by atoms with van der Waals surface area (Å²) >= 11 is 1.35. The molecule has 2 atom stereocenters. The van der Waals surface area contributed by atoms with Crippen molar-refractivity contribution in [1.29, 1.82) is 0 Å². The van der Waals surface area contributed by atoms with Gasteiger partial charge in [-0.3, -0.25) is 0 Å². The van der Waals surface area contributed by atoms with Gasteiger partial charge in [0.15, 0.2) is 0 Å². The Balaban J connectivity index is 1.34. The molecule has 0 unspecified atom stereocenters. The first-order valence-corrected chi connectivity index (χ1v) is 8.86. The van der Waals surface area contributed by atoms with E-state index in [0.29, 0.717) is 5.41 Å². The molecule has 2 aliphatic rings. The minimum absolute atomic E-state index is 0.218. The highest BCUT2D eigenvalue weighted by Crippen LogP contribution is 2.56. The zero-order valence-electron chi connectivity index (χ0n) is 13.3. The van der Waals surface area contributed by atoms with Crippen LogP contribution in [0.5, 0.6) is 5.75 Å². The van der Waals surface area contributed by atoms with E-state index in [1.807, 2.05) is 12.1 Å². The predicted octanol–water partition coefficient (Wildman–Crippen LogP) is 4.57. The van der Waals surface area contributed by atoms with Gasteiger partial charge in [0.25, 0.3) is 0 Å². The van der Waals surface area contributed by atoms with Crippen LogP contribution in [0.25, 0.3) is 0 Å². The summed E-state index contributed by atoms with van der Waals surface area (Å²) < 4.78 is 43.5. The molecule has 3 nitrogen and oxygen atoms in total.